The third-order valence-corrected chi connectivity index (χ3v) is 2.30. The Morgan fingerprint density at radius 3 is 2.95 bits per heavy atom. The smallest absolute Gasteiger partial charge is 0.345 e. The molecule has 0 saturated heterocycles. The molecule has 2 aromatic heterocycles. The first kappa shape index (κ1) is 15.0. The summed E-state index contributed by atoms with van der Waals surface area (Å²) in [6, 6.07) is 0. The van der Waals surface area contributed by atoms with Gasteiger partial charge in [0.05, 0.1) is 12.8 Å². The molecule has 0 aromatic carbocycles. The van der Waals surface area contributed by atoms with Crippen LogP contribution in [0.2, 0.25) is 0 Å². The molecular weight excluding hydrogens is 274 g/mol. The number of halogens is 1. The van der Waals surface area contributed by atoms with Crippen LogP contribution in [0.15, 0.2) is 17.0 Å². The maximum absolute atomic E-state index is 11.6. The third kappa shape index (κ3) is 3.47. The van der Waals surface area contributed by atoms with Crippen molar-refractivity contribution < 1.29 is 18.8 Å². The Balaban J connectivity index is 0.00000180. The molecule has 19 heavy (non-hydrogen) atoms. The van der Waals surface area contributed by atoms with Crippen LogP contribution in [0, 0.1) is 6.92 Å². The molecule has 1 N–H and O–H groups in total. The Morgan fingerprint density at radius 1 is 1.53 bits per heavy atom. The van der Waals surface area contributed by atoms with Crippen LogP contribution in [-0.2, 0) is 11.3 Å². The summed E-state index contributed by atoms with van der Waals surface area (Å²) in [4.78, 5) is 11.6. The Hall–Kier alpha value is -2.02. The second-order valence-corrected chi connectivity index (χ2v) is 3.57. The molecule has 2 rings (SSSR count). The summed E-state index contributed by atoms with van der Waals surface area (Å²) in [6.45, 7) is 4.08. The molecular formula is C11H14ClN3O4. The summed E-state index contributed by atoms with van der Waals surface area (Å²) in [7, 11) is 0. The number of rotatable bonds is 5. The van der Waals surface area contributed by atoms with Crippen molar-refractivity contribution in [2.75, 3.05) is 6.61 Å². The summed E-state index contributed by atoms with van der Waals surface area (Å²) in [5, 5.41) is 10.1. The van der Waals surface area contributed by atoms with Gasteiger partial charge in [-0.2, -0.15) is 5.10 Å². The van der Waals surface area contributed by atoms with Gasteiger partial charge in [-0.3, -0.25) is 0 Å². The molecule has 0 aliphatic carbocycles. The highest BCUT2D eigenvalue weighted by atomic mass is 35.5. The van der Waals surface area contributed by atoms with Gasteiger partial charge >= 0.3 is 5.97 Å². The minimum Gasteiger partial charge on any atom is -0.471 e. The van der Waals surface area contributed by atoms with E-state index >= 15 is 0 Å². The standard InChI is InChI=1S/C11H13N3O4.ClH/c1-3-16-11(15)8-4-12-13-10(8)17-6-9-7(2)5-18-14-9;/h4-5H,3,6H2,1-2H3,(H,12,13);1H. The van der Waals surface area contributed by atoms with E-state index in [9.17, 15) is 4.79 Å². The van der Waals surface area contributed by atoms with Crippen molar-refractivity contribution in [1.29, 1.82) is 0 Å². The summed E-state index contributed by atoms with van der Waals surface area (Å²) >= 11 is 0. The first-order valence-corrected chi connectivity index (χ1v) is 5.45. The van der Waals surface area contributed by atoms with Crippen molar-refractivity contribution in [3.63, 3.8) is 0 Å². The highest BCUT2D eigenvalue weighted by Crippen LogP contribution is 2.17. The molecule has 2 aromatic rings. The second-order valence-electron chi connectivity index (χ2n) is 3.57. The topological polar surface area (TPSA) is 90.2 Å². The number of ether oxygens (including phenoxy) is 2. The minimum absolute atomic E-state index is 0. The molecule has 0 radical (unpaired) electrons. The van der Waals surface area contributed by atoms with E-state index in [1.165, 1.54) is 12.5 Å². The van der Waals surface area contributed by atoms with E-state index in [4.69, 9.17) is 14.0 Å². The number of hydrogen-bond acceptors (Lipinski definition) is 6. The Labute approximate surface area is 115 Å². The van der Waals surface area contributed by atoms with E-state index in [0.29, 0.717) is 12.3 Å². The first-order chi connectivity index (χ1) is 8.72. The highest BCUT2D eigenvalue weighted by Gasteiger charge is 2.17. The maximum Gasteiger partial charge on any atom is 0.345 e. The van der Waals surface area contributed by atoms with Crippen molar-refractivity contribution in [3.05, 3.63) is 29.3 Å². The number of nitrogens with one attached hydrogen (secondary N) is 1. The van der Waals surface area contributed by atoms with Gasteiger partial charge in [0, 0.05) is 5.56 Å². The van der Waals surface area contributed by atoms with Crippen molar-refractivity contribution in [3.8, 4) is 5.88 Å². The van der Waals surface area contributed by atoms with Crippen LogP contribution >= 0.6 is 12.4 Å². The van der Waals surface area contributed by atoms with E-state index in [2.05, 4.69) is 15.4 Å². The van der Waals surface area contributed by atoms with Crippen molar-refractivity contribution >= 4 is 18.4 Å². The number of aromatic amines is 1. The normalized spacial score (nSPS) is 9.79. The van der Waals surface area contributed by atoms with E-state index < -0.39 is 5.97 Å². The van der Waals surface area contributed by atoms with Crippen LogP contribution in [0.3, 0.4) is 0 Å². The number of nitrogens with zero attached hydrogens (tertiary/aromatic N) is 2. The Kier molecular flexibility index (Phi) is 5.37. The van der Waals surface area contributed by atoms with Gasteiger partial charge in [0.1, 0.15) is 24.1 Å². The number of carbonyl (C=O) groups is 1. The summed E-state index contributed by atoms with van der Waals surface area (Å²) in [5.74, 6) is -0.214. The van der Waals surface area contributed by atoms with Crippen LogP contribution in [0.1, 0.15) is 28.5 Å². The lowest BCUT2D eigenvalue weighted by molar-refractivity contribution is 0.0521. The van der Waals surface area contributed by atoms with E-state index in [1.807, 2.05) is 6.92 Å². The first-order valence-electron chi connectivity index (χ1n) is 5.45. The summed E-state index contributed by atoms with van der Waals surface area (Å²) < 4.78 is 15.1. The number of H-pyrrole nitrogens is 1. The SMILES string of the molecule is CCOC(=O)c1cn[nH]c1OCc1nocc1C.Cl. The fourth-order valence-electron chi connectivity index (χ4n) is 1.33. The Bertz CT molecular complexity index is 538. The molecule has 0 spiro atoms. The van der Waals surface area contributed by atoms with Gasteiger partial charge in [0.15, 0.2) is 0 Å². The van der Waals surface area contributed by atoms with Gasteiger partial charge in [-0.05, 0) is 13.8 Å². The predicted octanol–water partition coefficient (Wildman–Crippen LogP) is 1.88. The predicted molar refractivity (Wildman–Crippen MR) is 67.4 cm³/mol. The fraction of sp³-hybridized carbons (Fsp3) is 0.364. The largest absolute Gasteiger partial charge is 0.471 e. The van der Waals surface area contributed by atoms with Crippen LogP contribution in [0.25, 0.3) is 0 Å². The van der Waals surface area contributed by atoms with E-state index in [-0.39, 0.29) is 30.5 Å². The van der Waals surface area contributed by atoms with Crippen LogP contribution in [0.5, 0.6) is 5.88 Å². The molecule has 0 atom stereocenters. The molecule has 2 heterocycles. The van der Waals surface area contributed by atoms with Gasteiger partial charge in [-0.15, -0.1) is 12.4 Å². The van der Waals surface area contributed by atoms with Gasteiger partial charge in [0.2, 0.25) is 5.88 Å². The zero-order valence-electron chi connectivity index (χ0n) is 10.5. The number of esters is 1. The van der Waals surface area contributed by atoms with Crippen LogP contribution in [-0.4, -0.2) is 27.9 Å². The number of aryl methyl sites for hydroxylation is 1. The monoisotopic (exact) mass is 287 g/mol. The van der Waals surface area contributed by atoms with Crippen LogP contribution in [0.4, 0.5) is 0 Å². The number of aromatic nitrogens is 3. The maximum atomic E-state index is 11.6. The lowest BCUT2D eigenvalue weighted by Crippen LogP contribution is -2.07. The van der Waals surface area contributed by atoms with Crippen molar-refractivity contribution in [2.45, 2.75) is 20.5 Å². The number of hydrogen-bond donors (Lipinski definition) is 1. The molecule has 0 saturated carbocycles. The zero-order chi connectivity index (χ0) is 13.0. The average molecular weight is 288 g/mol. The Morgan fingerprint density at radius 2 is 2.32 bits per heavy atom. The average Bonchev–Trinajstić information content (AvgIpc) is 2.95. The number of carbonyl (C=O) groups excluding carboxylic acids is 1. The molecule has 0 amide bonds. The highest BCUT2D eigenvalue weighted by molar-refractivity contribution is 5.91. The second kappa shape index (κ2) is 6.79. The van der Waals surface area contributed by atoms with Crippen LogP contribution < -0.4 is 4.74 Å². The third-order valence-electron chi connectivity index (χ3n) is 2.30. The van der Waals surface area contributed by atoms with Gasteiger partial charge < -0.3 is 14.0 Å². The summed E-state index contributed by atoms with van der Waals surface area (Å²) in [5.41, 5.74) is 1.81. The minimum atomic E-state index is -0.474. The van der Waals surface area contributed by atoms with Gasteiger partial charge in [-0.25, -0.2) is 9.89 Å². The molecule has 0 aliphatic heterocycles. The molecule has 7 nitrogen and oxygen atoms in total. The molecule has 0 fully saturated rings. The molecule has 104 valence electrons. The fourth-order valence-corrected chi connectivity index (χ4v) is 1.33. The zero-order valence-corrected chi connectivity index (χ0v) is 11.3. The molecule has 0 unspecified atom stereocenters. The van der Waals surface area contributed by atoms with Gasteiger partial charge in [0.25, 0.3) is 0 Å². The van der Waals surface area contributed by atoms with Crippen molar-refractivity contribution in [1.82, 2.24) is 15.4 Å². The lowest BCUT2D eigenvalue weighted by atomic mass is 10.3. The van der Waals surface area contributed by atoms with E-state index in [0.717, 1.165) is 5.56 Å². The summed E-state index contributed by atoms with van der Waals surface area (Å²) in [6.07, 6.45) is 2.89. The quantitative estimate of drug-likeness (QED) is 0.845. The lowest BCUT2D eigenvalue weighted by Gasteiger charge is -2.04. The van der Waals surface area contributed by atoms with Crippen molar-refractivity contribution in [2.24, 2.45) is 0 Å². The van der Waals surface area contributed by atoms with Gasteiger partial charge in [-0.1, -0.05) is 5.16 Å². The molecule has 0 bridgehead atoms. The van der Waals surface area contributed by atoms with E-state index in [1.54, 1.807) is 6.92 Å². The molecule has 0 aliphatic rings. The molecule has 8 heteroatoms.